The summed E-state index contributed by atoms with van der Waals surface area (Å²) in [5.74, 6) is 5.14. The standard InChI is InChI=1S/C12H13BrFN3/c1-2-3-7-6-10(17-15)11-8(13)4-5-9(14)12(11)16-7/h4-6H,2-3,15H2,1H3,(H,16,17). The minimum atomic E-state index is -0.336. The van der Waals surface area contributed by atoms with Gasteiger partial charge >= 0.3 is 0 Å². The molecular weight excluding hydrogens is 285 g/mol. The van der Waals surface area contributed by atoms with Crippen molar-refractivity contribution in [3.05, 3.63) is 34.2 Å². The number of pyridine rings is 1. The lowest BCUT2D eigenvalue weighted by Gasteiger charge is -2.10. The van der Waals surface area contributed by atoms with Crippen molar-refractivity contribution in [3.8, 4) is 0 Å². The van der Waals surface area contributed by atoms with Gasteiger partial charge in [-0.1, -0.05) is 29.3 Å². The molecule has 0 amide bonds. The van der Waals surface area contributed by atoms with Gasteiger partial charge < -0.3 is 5.43 Å². The molecule has 90 valence electrons. The predicted molar refractivity (Wildman–Crippen MR) is 71.2 cm³/mol. The Hall–Kier alpha value is -1.20. The number of aromatic nitrogens is 1. The van der Waals surface area contributed by atoms with Crippen LogP contribution >= 0.6 is 15.9 Å². The molecule has 1 aromatic heterocycles. The van der Waals surface area contributed by atoms with Crippen molar-refractivity contribution in [2.24, 2.45) is 5.84 Å². The Morgan fingerprint density at radius 3 is 2.88 bits per heavy atom. The molecule has 2 rings (SSSR count). The second kappa shape index (κ2) is 4.98. The number of hydrogen-bond acceptors (Lipinski definition) is 3. The van der Waals surface area contributed by atoms with Crippen LogP contribution in [0.4, 0.5) is 10.1 Å². The third-order valence-electron chi connectivity index (χ3n) is 2.58. The zero-order valence-electron chi connectivity index (χ0n) is 9.43. The van der Waals surface area contributed by atoms with Gasteiger partial charge in [0.15, 0.2) is 0 Å². The molecule has 0 aliphatic heterocycles. The Balaban J connectivity index is 2.77. The first-order valence-corrected chi connectivity index (χ1v) is 6.21. The third kappa shape index (κ3) is 2.25. The predicted octanol–water partition coefficient (Wildman–Crippen LogP) is 3.37. The lowest BCUT2D eigenvalue weighted by Crippen LogP contribution is -2.09. The van der Waals surface area contributed by atoms with Crippen LogP contribution in [-0.4, -0.2) is 4.98 Å². The monoisotopic (exact) mass is 297 g/mol. The van der Waals surface area contributed by atoms with E-state index in [4.69, 9.17) is 5.84 Å². The van der Waals surface area contributed by atoms with Crippen LogP contribution in [0.15, 0.2) is 22.7 Å². The molecule has 17 heavy (non-hydrogen) atoms. The highest BCUT2D eigenvalue weighted by molar-refractivity contribution is 9.10. The van der Waals surface area contributed by atoms with Crippen LogP contribution in [0.25, 0.3) is 10.9 Å². The number of hydrazine groups is 1. The lowest BCUT2D eigenvalue weighted by atomic mass is 10.1. The molecule has 0 spiro atoms. The molecule has 0 bridgehead atoms. The molecule has 3 N–H and O–H groups in total. The first kappa shape index (κ1) is 12.3. The van der Waals surface area contributed by atoms with E-state index in [1.165, 1.54) is 6.07 Å². The summed E-state index contributed by atoms with van der Waals surface area (Å²) < 4.78 is 14.5. The van der Waals surface area contributed by atoms with E-state index in [1.54, 1.807) is 6.07 Å². The quantitative estimate of drug-likeness (QED) is 0.674. The van der Waals surface area contributed by atoms with Crippen LogP contribution in [-0.2, 0) is 6.42 Å². The molecule has 1 heterocycles. The molecule has 0 aliphatic carbocycles. The molecular formula is C12H13BrFN3. The van der Waals surface area contributed by atoms with Gasteiger partial charge in [0.05, 0.1) is 5.69 Å². The van der Waals surface area contributed by atoms with E-state index in [9.17, 15) is 4.39 Å². The number of nitrogen functional groups attached to an aromatic ring is 1. The number of anilines is 1. The summed E-state index contributed by atoms with van der Waals surface area (Å²) in [6, 6.07) is 4.91. The maximum atomic E-state index is 13.8. The Bertz CT molecular complexity index is 557. The van der Waals surface area contributed by atoms with Gasteiger partial charge in [-0.15, -0.1) is 0 Å². The van der Waals surface area contributed by atoms with E-state index in [-0.39, 0.29) is 5.82 Å². The summed E-state index contributed by atoms with van der Waals surface area (Å²) in [5, 5.41) is 0.673. The molecule has 0 saturated carbocycles. The summed E-state index contributed by atoms with van der Waals surface area (Å²) >= 11 is 3.38. The fraction of sp³-hybridized carbons (Fsp3) is 0.250. The Labute approximate surface area is 107 Å². The summed E-state index contributed by atoms with van der Waals surface area (Å²) in [7, 11) is 0. The van der Waals surface area contributed by atoms with Crippen molar-refractivity contribution in [2.75, 3.05) is 5.43 Å². The lowest BCUT2D eigenvalue weighted by molar-refractivity contribution is 0.636. The van der Waals surface area contributed by atoms with Crippen LogP contribution in [0.5, 0.6) is 0 Å². The Kier molecular flexibility index (Phi) is 3.59. The van der Waals surface area contributed by atoms with E-state index < -0.39 is 0 Å². The van der Waals surface area contributed by atoms with E-state index >= 15 is 0 Å². The zero-order valence-corrected chi connectivity index (χ0v) is 11.0. The number of nitrogens with zero attached hydrogens (tertiary/aromatic N) is 1. The normalized spacial score (nSPS) is 10.8. The van der Waals surface area contributed by atoms with Crippen molar-refractivity contribution in [1.82, 2.24) is 4.98 Å². The second-order valence-corrected chi connectivity index (χ2v) is 4.66. The summed E-state index contributed by atoms with van der Waals surface area (Å²) in [6.45, 7) is 2.05. The fourth-order valence-electron chi connectivity index (χ4n) is 1.82. The van der Waals surface area contributed by atoms with E-state index in [0.717, 1.165) is 23.0 Å². The van der Waals surface area contributed by atoms with E-state index in [1.807, 2.05) is 6.07 Å². The maximum absolute atomic E-state index is 13.8. The second-order valence-electron chi connectivity index (χ2n) is 3.81. The van der Waals surface area contributed by atoms with Gasteiger partial charge in [0.1, 0.15) is 11.3 Å². The molecule has 0 aliphatic rings. The first-order valence-electron chi connectivity index (χ1n) is 5.41. The Morgan fingerprint density at radius 2 is 2.24 bits per heavy atom. The van der Waals surface area contributed by atoms with Gasteiger partial charge in [0.2, 0.25) is 0 Å². The van der Waals surface area contributed by atoms with Crippen molar-refractivity contribution >= 4 is 32.5 Å². The highest BCUT2D eigenvalue weighted by Crippen LogP contribution is 2.31. The topological polar surface area (TPSA) is 50.9 Å². The highest BCUT2D eigenvalue weighted by atomic mass is 79.9. The van der Waals surface area contributed by atoms with Crippen LogP contribution in [0.1, 0.15) is 19.0 Å². The molecule has 0 unspecified atom stereocenters. The fourth-order valence-corrected chi connectivity index (χ4v) is 2.35. The van der Waals surface area contributed by atoms with Crippen LogP contribution < -0.4 is 11.3 Å². The largest absolute Gasteiger partial charge is 0.323 e. The minimum absolute atomic E-state index is 0.336. The first-order chi connectivity index (χ1) is 8.17. The summed E-state index contributed by atoms with van der Waals surface area (Å²) in [4.78, 5) is 4.33. The number of fused-ring (bicyclic) bond motifs is 1. The smallest absolute Gasteiger partial charge is 0.149 e. The van der Waals surface area contributed by atoms with Gasteiger partial charge in [-0.05, 0) is 24.6 Å². The molecule has 3 nitrogen and oxygen atoms in total. The van der Waals surface area contributed by atoms with Gasteiger partial charge in [-0.3, -0.25) is 5.84 Å². The van der Waals surface area contributed by atoms with Gasteiger partial charge in [-0.2, -0.15) is 0 Å². The van der Waals surface area contributed by atoms with Gasteiger partial charge in [0.25, 0.3) is 0 Å². The molecule has 2 aromatic rings. The molecule has 0 saturated heterocycles. The summed E-state index contributed by atoms with van der Waals surface area (Å²) in [5.41, 5.74) is 4.47. The van der Waals surface area contributed by atoms with Crippen molar-refractivity contribution < 1.29 is 4.39 Å². The number of nitrogens with one attached hydrogen (secondary N) is 1. The number of benzene rings is 1. The van der Waals surface area contributed by atoms with Gasteiger partial charge in [0, 0.05) is 15.6 Å². The maximum Gasteiger partial charge on any atom is 0.149 e. The average Bonchev–Trinajstić information content (AvgIpc) is 2.33. The number of hydrogen-bond donors (Lipinski definition) is 2. The van der Waals surface area contributed by atoms with Gasteiger partial charge in [-0.25, -0.2) is 9.37 Å². The molecule has 0 radical (unpaired) electrons. The minimum Gasteiger partial charge on any atom is -0.323 e. The SMILES string of the molecule is CCCc1cc(NN)c2c(Br)ccc(F)c2n1. The molecule has 0 fully saturated rings. The van der Waals surface area contributed by atoms with Crippen LogP contribution in [0.2, 0.25) is 0 Å². The third-order valence-corrected chi connectivity index (χ3v) is 3.24. The Morgan fingerprint density at radius 1 is 1.47 bits per heavy atom. The van der Waals surface area contributed by atoms with Crippen molar-refractivity contribution in [3.63, 3.8) is 0 Å². The van der Waals surface area contributed by atoms with Crippen molar-refractivity contribution in [1.29, 1.82) is 0 Å². The molecule has 0 atom stereocenters. The zero-order chi connectivity index (χ0) is 12.4. The van der Waals surface area contributed by atoms with Crippen LogP contribution in [0, 0.1) is 5.82 Å². The molecule has 1 aromatic carbocycles. The highest BCUT2D eigenvalue weighted by Gasteiger charge is 2.11. The van der Waals surface area contributed by atoms with E-state index in [2.05, 4.69) is 33.3 Å². The average molecular weight is 298 g/mol. The summed E-state index contributed by atoms with van der Waals surface area (Å²) in [6.07, 6.45) is 1.76. The number of aryl methyl sites for hydroxylation is 1. The number of nitrogens with two attached hydrogens (primary N) is 1. The number of rotatable bonds is 3. The molecule has 5 heteroatoms. The van der Waals surface area contributed by atoms with Crippen LogP contribution in [0.3, 0.4) is 0 Å². The van der Waals surface area contributed by atoms with Crippen molar-refractivity contribution in [2.45, 2.75) is 19.8 Å². The number of halogens is 2. The van der Waals surface area contributed by atoms with E-state index in [0.29, 0.717) is 16.6 Å².